The minimum absolute atomic E-state index is 0.136. The van der Waals surface area contributed by atoms with E-state index in [1.165, 1.54) is 44.9 Å². The summed E-state index contributed by atoms with van der Waals surface area (Å²) in [7, 11) is 0. The highest BCUT2D eigenvalue weighted by atomic mass is 16.5. The highest BCUT2D eigenvalue weighted by Gasteiger charge is 2.10. The first kappa shape index (κ1) is 25.9. The third-order valence-corrected chi connectivity index (χ3v) is 4.51. The van der Waals surface area contributed by atoms with E-state index in [2.05, 4.69) is 31.2 Å². The fraction of sp³-hybridized carbons (Fsp3) is 0.792. The first-order chi connectivity index (χ1) is 13.1. The molecule has 0 bridgehead atoms. The van der Waals surface area contributed by atoms with Gasteiger partial charge in [0.15, 0.2) is 0 Å². The minimum atomic E-state index is -0.529. The Morgan fingerprint density at radius 1 is 0.889 bits per heavy atom. The summed E-state index contributed by atoms with van der Waals surface area (Å²) >= 11 is 0. The van der Waals surface area contributed by atoms with E-state index in [1.807, 2.05) is 13.8 Å². The summed E-state index contributed by atoms with van der Waals surface area (Å²) in [5.41, 5.74) is 0. The van der Waals surface area contributed by atoms with Crippen LogP contribution in [-0.4, -0.2) is 23.8 Å². The maximum absolute atomic E-state index is 11.6. The zero-order valence-electron chi connectivity index (χ0n) is 18.1. The summed E-state index contributed by atoms with van der Waals surface area (Å²) in [5.74, 6) is 0.240. The van der Waals surface area contributed by atoms with Gasteiger partial charge in [0, 0.05) is 6.42 Å². The number of carbonyl (C=O) groups excluding carboxylic acids is 1. The van der Waals surface area contributed by atoms with Crippen LogP contribution in [-0.2, 0) is 9.53 Å². The van der Waals surface area contributed by atoms with Gasteiger partial charge in [0.1, 0.15) is 6.61 Å². The molecular formula is C24H44O3. The number of carbonyl (C=O) groups is 1. The standard InChI is InChI=1S/C24H44O3/c1-4-5-6-7-8-9-10-11-12-13-14-15-16-17-18-19-24(26)27-21-23(25)20-22(2)3/h8-9,11-12,22-23,25H,4-7,10,13-21H2,1-3H3/b9-8-,12-11-. The molecule has 1 N–H and O–H groups in total. The van der Waals surface area contributed by atoms with E-state index in [0.29, 0.717) is 18.8 Å². The van der Waals surface area contributed by atoms with Crippen LogP contribution in [0.3, 0.4) is 0 Å². The number of aliphatic hydroxyl groups is 1. The fourth-order valence-electron chi connectivity index (χ4n) is 2.95. The smallest absolute Gasteiger partial charge is 0.305 e. The van der Waals surface area contributed by atoms with Gasteiger partial charge >= 0.3 is 5.97 Å². The van der Waals surface area contributed by atoms with Gasteiger partial charge in [-0.05, 0) is 50.9 Å². The molecule has 0 amide bonds. The first-order valence-electron chi connectivity index (χ1n) is 11.2. The van der Waals surface area contributed by atoms with E-state index < -0.39 is 6.10 Å². The summed E-state index contributed by atoms with van der Waals surface area (Å²) < 4.78 is 5.12. The van der Waals surface area contributed by atoms with Gasteiger partial charge in [-0.2, -0.15) is 0 Å². The van der Waals surface area contributed by atoms with Gasteiger partial charge in [-0.15, -0.1) is 0 Å². The third kappa shape index (κ3) is 21.1. The predicted octanol–water partition coefficient (Wildman–Crippen LogP) is 6.75. The Labute approximate surface area is 168 Å². The number of aliphatic hydroxyl groups excluding tert-OH is 1. The number of hydrogen-bond acceptors (Lipinski definition) is 3. The fourth-order valence-corrected chi connectivity index (χ4v) is 2.95. The molecule has 0 aromatic heterocycles. The second-order valence-electron chi connectivity index (χ2n) is 7.95. The van der Waals surface area contributed by atoms with E-state index in [4.69, 9.17) is 4.74 Å². The quantitative estimate of drug-likeness (QED) is 0.162. The van der Waals surface area contributed by atoms with Gasteiger partial charge in [0.2, 0.25) is 0 Å². The molecule has 0 saturated heterocycles. The molecule has 0 fully saturated rings. The maximum atomic E-state index is 11.6. The molecule has 0 aliphatic rings. The second kappa shape index (κ2) is 19.7. The largest absolute Gasteiger partial charge is 0.463 e. The summed E-state index contributed by atoms with van der Waals surface area (Å²) in [5, 5.41) is 9.69. The normalized spacial score (nSPS) is 13.1. The molecule has 0 spiro atoms. The maximum Gasteiger partial charge on any atom is 0.305 e. The van der Waals surface area contributed by atoms with Gasteiger partial charge in [-0.3, -0.25) is 4.79 Å². The number of rotatable bonds is 18. The average molecular weight is 381 g/mol. The zero-order chi connectivity index (χ0) is 20.2. The summed E-state index contributed by atoms with van der Waals surface area (Å²) in [6.07, 6.45) is 22.7. The van der Waals surface area contributed by atoms with Crippen molar-refractivity contribution >= 4 is 5.97 Å². The summed E-state index contributed by atoms with van der Waals surface area (Å²) in [6, 6.07) is 0. The van der Waals surface area contributed by atoms with Crippen molar-refractivity contribution in [1.82, 2.24) is 0 Å². The lowest BCUT2D eigenvalue weighted by molar-refractivity contribution is -0.147. The number of unbranched alkanes of at least 4 members (excludes halogenated alkanes) is 8. The Hall–Kier alpha value is -1.09. The summed E-state index contributed by atoms with van der Waals surface area (Å²) in [4.78, 5) is 11.6. The first-order valence-corrected chi connectivity index (χ1v) is 11.2. The average Bonchev–Trinajstić information content (AvgIpc) is 2.62. The van der Waals surface area contributed by atoms with E-state index >= 15 is 0 Å². The van der Waals surface area contributed by atoms with Gasteiger partial charge in [-0.25, -0.2) is 0 Å². The van der Waals surface area contributed by atoms with Crippen molar-refractivity contribution in [2.24, 2.45) is 5.92 Å². The van der Waals surface area contributed by atoms with E-state index in [-0.39, 0.29) is 12.6 Å². The van der Waals surface area contributed by atoms with Crippen molar-refractivity contribution < 1.29 is 14.6 Å². The number of esters is 1. The Morgan fingerprint density at radius 3 is 2.11 bits per heavy atom. The van der Waals surface area contributed by atoms with Crippen LogP contribution in [0.1, 0.15) is 104 Å². The molecule has 0 aromatic carbocycles. The van der Waals surface area contributed by atoms with Crippen LogP contribution in [0, 0.1) is 5.92 Å². The Balaban J connectivity index is 3.37. The summed E-state index contributed by atoms with van der Waals surface area (Å²) in [6.45, 7) is 6.47. The van der Waals surface area contributed by atoms with Crippen molar-refractivity contribution in [3.05, 3.63) is 24.3 Å². The second-order valence-corrected chi connectivity index (χ2v) is 7.95. The van der Waals surface area contributed by atoms with Crippen LogP contribution < -0.4 is 0 Å². The van der Waals surface area contributed by atoms with E-state index in [1.54, 1.807) is 0 Å². The monoisotopic (exact) mass is 380 g/mol. The molecule has 27 heavy (non-hydrogen) atoms. The number of allylic oxidation sites excluding steroid dienone is 4. The predicted molar refractivity (Wildman–Crippen MR) is 116 cm³/mol. The minimum Gasteiger partial charge on any atom is -0.463 e. The molecule has 0 heterocycles. The van der Waals surface area contributed by atoms with Crippen LogP contribution in [0.25, 0.3) is 0 Å². The van der Waals surface area contributed by atoms with Gasteiger partial charge < -0.3 is 9.84 Å². The van der Waals surface area contributed by atoms with Crippen molar-refractivity contribution in [2.75, 3.05) is 6.61 Å². The molecule has 1 atom stereocenters. The van der Waals surface area contributed by atoms with Crippen LogP contribution in [0.15, 0.2) is 24.3 Å². The molecule has 0 aliphatic carbocycles. The molecule has 3 heteroatoms. The molecule has 0 radical (unpaired) electrons. The van der Waals surface area contributed by atoms with Crippen molar-refractivity contribution in [3.63, 3.8) is 0 Å². The topological polar surface area (TPSA) is 46.5 Å². The lowest BCUT2D eigenvalue weighted by atomic mass is 10.1. The molecule has 0 aliphatic heterocycles. The molecule has 3 nitrogen and oxygen atoms in total. The SMILES string of the molecule is CCCCC/C=C\C/C=C\CCCCCCCC(=O)OCC(O)CC(C)C. The molecular weight excluding hydrogens is 336 g/mol. The lowest BCUT2D eigenvalue weighted by Gasteiger charge is -2.13. The lowest BCUT2D eigenvalue weighted by Crippen LogP contribution is -2.20. The van der Waals surface area contributed by atoms with Crippen molar-refractivity contribution in [3.8, 4) is 0 Å². The Bertz CT molecular complexity index is 385. The molecule has 158 valence electrons. The molecule has 0 rings (SSSR count). The van der Waals surface area contributed by atoms with Crippen molar-refractivity contribution in [1.29, 1.82) is 0 Å². The van der Waals surface area contributed by atoms with Gasteiger partial charge in [-0.1, -0.05) is 77.2 Å². The van der Waals surface area contributed by atoms with E-state index in [0.717, 1.165) is 25.7 Å². The van der Waals surface area contributed by atoms with E-state index in [9.17, 15) is 9.90 Å². The van der Waals surface area contributed by atoms with Crippen molar-refractivity contribution in [2.45, 2.75) is 110 Å². The van der Waals surface area contributed by atoms with Crippen LogP contribution in [0.5, 0.6) is 0 Å². The Kier molecular flexibility index (Phi) is 18.9. The molecule has 0 saturated carbocycles. The number of ether oxygens (including phenoxy) is 1. The zero-order valence-corrected chi connectivity index (χ0v) is 18.1. The van der Waals surface area contributed by atoms with Crippen LogP contribution in [0.4, 0.5) is 0 Å². The Morgan fingerprint density at radius 2 is 1.48 bits per heavy atom. The molecule has 1 unspecified atom stereocenters. The van der Waals surface area contributed by atoms with Crippen LogP contribution >= 0.6 is 0 Å². The highest BCUT2D eigenvalue weighted by Crippen LogP contribution is 2.10. The number of hydrogen-bond donors (Lipinski definition) is 1. The van der Waals surface area contributed by atoms with Gasteiger partial charge in [0.05, 0.1) is 6.10 Å². The van der Waals surface area contributed by atoms with Crippen LogP contribution in [0.2, 0.25) is 0 Å². The van der Waals surface area contributed by atoms with Gasteiger partial charge in [0.25, 0.3) is 0 Å². The third-order valence-electron chi connectivity index (χ3n) is 4.51. The molecule has 0 aromatic rings. The highest BCUT2D eigenvalue weighted by molar-refractivity contribution is 5.69.